The first-order chi connectivity index (χ1) is 6.09. The van der Waals surface area contributed by atoms with Crippen LogP contribution in [-0.2, 0) is 0 Å². The van der Waals surface area contributed by atoms with Gasteiger partial charge in [-0.1, -0.05) is 0 Å². The number of rotatable bonds is 4. The molecule has 2 N–H and O–H groups in total. The van der Waals surface area contributed by atoms with Gasteiger partial charge in [-0.25, -0.2) is 0 Å². The summed E-state index contributed by atoms with van der Waals surface area (Å²) in [7, 11) is 0. The van der Waals surface area contributed by atoms with E-state index in [0.717, 1.165) is 3.79 Å². The predicted molar refractivity (Wildman–Crippen MR) is 60.1 cm³/mol. The summed E-state index contributed by atoms with van der Waals surface area (Å²) in [6.07, 6.45) is -0.286. The zero-order chi connectivity index (χ0) is 9.84. The lowest BCUT2D eigenvalue weighted by molar-refractivity contribution is 0.187. The molecule has 4 heteroatoms. The third-order valence-electron chi connectivity index (χ3n) is 1.74. The summed E-state index contributed by atoms with van der Waals surface area (Å²) in [6, 6.07) is 4.44. The normalized spacial score (nSPS) is 15.7. The van der Waals surface area contributed by atoms with Gasteiger partial charge in [0.25, 0.3) is 0 Å². The van der Waals surface area contributed by atoms with Crippen LogP contribution in [0.4, 0.5) is 0 Å². The second-order valence-electron chi connectivity index (χ2n) is 3.12. The molecular weight excluding hydrogens is 250 g/mol. The second kappa shape index (κ2) is 5.10. The highest BCUT2D eigenvalue weighted by Gasteiger charge is 2.07. The molecule has 0 bridgehead atoms. The van der Waals surface area contributed by atoms with Gasteiger partial charge in [-0.3, -0.25) is 0 Å². The highest BCUT2D eigenvalue weighted by Crippen LogP contribution is 2.26. The Morgan fingerprint density at radius 3 is 2.69 bits per heavy atom. The van der Waals surface area contributed by atoms with Crippen molar-refractivity contribution in [1.29, 1.82) is 0 Å². The zero-order valence-corrected chi connectivity index (χ0v) is 10.2. The first-order valence-corrected chi connectivity index (χ1v) is 5.87. The third kappa shape index (κ3) is 3.77. The van der Waals surface area contributed by atoms with Gasteiger partial charge in [0.1, 0.15) is 0 Å². The van der Waals surface area contributed by atoms with Gasteiger partial charge in [-0.05, 0) is 41.9 Å². The number of halogens is 1. The monoisotopic (exact) mass is 263 g/mol. The van der Waals surface area contributed by atoms with Crippen molar-refractivity contribution in [3.8, 4) is 0 Å². The van der Waals surface area contributed by atoms with E-state index in [1.807, 2.05) is 6.07 Å². The fourth-order valence-electron chi connectivity index (χ4n) is 1.01. The third-order valence-corrected chi connectivity index (χ3v) is 3.55. The summed E-state index contributed by atoms with van der Waals surface area (Å²) in [5.41, 5.74) is 0. The van der Waals surface area contributed by atoms with Crippen molar-refractivity contribution in [3.05, 3.63) is 20.8 Å². The summed E-state index contributed by atoms with van der Waals surface area (Å²) < 4.78 is 1.15. The summed E-state index contributed by atoms with van der Waals surface area (Å²) in [6.45, 7) is 4.52. The molecule has 0 aliphatic rings. The molecule has 1 aromatic rings. The van der Waals surface area contributed by atoms with Gasteiger partial charge in [-0.15, -0.1) is 11.3 Å². The molecule has 0 saturated heterocycles. The van der Waals surface area contributed by atoms with Crippen molar-refractivity contribution in [2.24, 2.45) is 0 Å². The van der Waals surface area contributed by atoms with E-state index in [9.17, 15) is 0 Å². The lowest BCUT2D eigenvalue weighted by Crippen LogP contribution is -2.26. The molecule has 1 aromatic heterocycles. The molecule has 2 nitrogen and oxygen atoms in total. The Kier molecular flexibility index (Phi) is 4.38. The van der Waals surface area contributed by atoms with Gasteiger partial charge < -0.3 is 10.4 Å². The molecule has 0 spiro atoms. The summed E-state index contributed by atoms with van der Waals surface area (Å²) in [5.74, 6) is 0. The minimum Gasteiger partial charge on any atom is -0.392 e. The van der Waals surface area contributed by atoms with Crippen LogP contribution < -0.4 is 5.32 Å². The Balaban J connectivity index is 2.44. The molecule has 0 aliphatic heterocycles. The molecular formula is C9H14BrNOS. The second-order valence-corrected chi connectivity index (χ2v) is 5.62. The van der Waals surface area contributed by atoms with Crippen LogP contribution in [0.3, 0.4) is 0 Å². The molecule has 1 rings (SSSR count). The molecule has 0 aliphatic carbocycles. The number of hydrogen-bond donors (Lipinski definition) is 2. The Hall–Kier alpha value is 0.1000. The fourth-order valence-corrected chi connectivity index (χ4v) is 2.46. The number of nitrogens with one attached hydrogen (secondary N) is 1. The molecule has 1 unspecified atom stereocenters. The molecule has 0 radical (unpaired) electrons. The van der Waals surface area contributed by atoms with E-state index >= 15 is 0 Å². The maximum absolute atomic E-state index is 9.09. The minimum absolute atomic E-state index is 0.286. The van der Waals surface area contributed by atoms with Crippen LogP contribution in [0.15, 0.2) is 15.9 Å². The molecule has 0 fully saturated rings. The van der Waals surface area contributed by atoms with Gasteiger partial charge in [-0.2, -0.15) is 0 Å². The van der Waals surface area contributed by atoms with E-state index in [-0.39, 0.29) is 6.10 Å². The van der Waals surface area contributed by atoms with Crippen LogP contribution in [0.2, 0.25) is 0 Å². The van der Waals surface area contributed by atoms with E-state index in [1.165, 1.54) is 4.88 Å². The molecule has 0 saturated carbocycles. The molecule has 1 heterocycles. The Labute approximate surface area is 91.1 Å². The molecule has 2 atom stereocenters. The maximum atomic E-state index is 9.09. The molecule has 0 amide bonds. The van der Waals surface area contributed by atoms with Gasteiger partial charge >= 0.3 is 0 Å². The van der Waals surface area contributed by atoms with Crippen molar-refractivity contribution in [1.82, 2.24) is 5.32 Å². The van der Waals surface area contributed by atoms with Crippen molar-refractivity contribution in [3.63, 3.8) is 0 Å². The lowest BCUT2D eigenvalue weighted by Gasteiger charge is -2.13. The van der Waals surface area contributed by atoms with E-state index in [4.69, 9.17) is 5.11 Å². The van der Waals surface area contributed by atoms with Crippen LogP contribution in [-0.4, -0.2) is 17.8 Å². The topological polar surface area (TPSA) is 32.3 Å². The van der Waals surface area contributed by atoms with E-state index in [0.29, 0.717) is 12.6 Å². The first kappa shape index (κ1) is 11.2. The Bertz CT molecular complexity index is 262. The van der Waals surface area contributed by atoms with Crippen LogP contribution in [0.1, 0.15) is 24.8 Å². The maximum Gasteiger partial charge on any atom is 0.0701 e. The Morgan fingerprint density at radius 2 is 2.23 bits per heavy atom. The van der Waals surface area contributed by atoms with Crippen LogP contribution in [0.5, 0.6) is 0 Å². The average Bonchev–Trinajstić information content (AvgIpc) is 2.47. The van der Waals surface area contributed by atoms with Crippen molar-refractivity contribution >= 4 is 27.3 Å². The fraction of sp³-hybridized carbons (Fsp3) is 0.556. The van der Waals surface area contributed by atoms with Crippen molar-refractivity contribution in [2.75, 3.05) is 6.54 Å². The standard InChI is InChI=1S/C9H14BrNOS/c1-6(12)5-11-7(2)8-3-4-9(10)13-8/h3-4,6-7,11-12H,5H2,1-2H3/t6-,7?/m1/s1. The molecule has 13 heavy (non-hydrogen) atoms. The van der Waals surface area contributed by atoms with E-state index < -0.39 is 0 Å². The van der Waals surface area contributed by atoms with Crippen LogP contribution >= 0.6 is 27.3 Å². The van der Waals surface area contributed by atoms with Crippen LogP contribution in [0, 0.1) is 0 Å². The number of aliphatic hydroxyl groups is 1. The first-order valence-electron chi connectivity index (χ1n) is 4.26. The van der Waals surface area contributed by atoms with Gasteiger partial charge in [0.2, 0.25) is 0 Å². The molecule has 74 valence electrons. The van der Waals surface area contributed by atoms with Crippen molar-refractivity contribution in [2.45, 2.75) is 26.0 Å². The quantitative estimate of drug-likeness (QED) is 0.876. The van der Waals surface area contributed by atoms with E-state index in [1.54, 1.807) is 18.3 Å². The summed E-state index contributed by atoms with van der Waals surface area (Å²) in [4.78, 5) is 1.28. The Morgan fingerprint density at radius 1 is 1.54 bits per heavy atom. The summed E-state index contributed by atoms with van der Waals surface area (Å²) in [5, 5.41) is 12.3. The average molecular weight is 264 g/mol. The van der Waals surface area contributed by atoms with Gasteiger partial charge in [0.05, 0.1) is 9.89 Å². The number of thiophene rings is 1. The van der Waals surface area contributed by atoms with Crippen LogP contribution in [0.25, 0.3) is 0 Å². The lowest BCUT2D eigenvalue weighted by atomic mass is 10.2. The highest BCUT2D eigenvalue weighted by atomic mass is 79.9. The van der Waals surface area contributed by atoms with Gasteiger partial charge in [0.15, 0.2) is 0 Å². The van der Waals surface area contributed by atoms with Crippen molar-refractivity contribution < 1.29 is 5.11 Å². The SMILES string of the molecule is CC(NC[C@@H](C)O)c1ccc(Br)s1. The molecule has 0 aromatic carbocycles. The predicted octanol–water partition coefficient (Wildman–Crippen LogP) is 2.54. The summed E-state index contributed by atoms with van der Waals surface area (Å²) >= 11 is 5.14. The zero-order valence-electron chi connectivity index (χ0n) is 7.75. The number of aliphatic hydroxyl groups excluding tert-OH is 1. The highest BCUT2D eigenvalue weighted by molar-refractivity contribution is 9.11. The largest absolute Gasteiger partial charge is 0.392 e. The smallest absolute Gasteiger partial charge is 0.0701 e. The minimum atomic E-state index is -0.286. The van der Waals surface area contributed by atoms with Gasteiger partial charge in [0, 0.05) is 17.5 Å². The number of hydrogen-bond acceptors (Lipinski definition) is 3. The van der Waals surface area contributed by atoms with E-state index in [2.05, 4.69) is 34.2 Å².